The maximum absolute atomic E-state index is 13.3. The summed E-state index contributed by atoms with van der Waals surface area (Å²) in [5.74, 6) is -1.39. The summed E-state index contributed by atoms with van der Waals surface area (Å²) >= 11 is 0. The summed E-state index contributed by atoms with van der Waals surface area (Å²) in [6.45, 7) is 1.87. The van der Waals surface area contributed by atoms with E-state index in [1.54, 1.807) is 30.3 Å². The van der Waals surface area contributed by atoms with Gasteiger partial charge in [0, 0.05) is 12.5 Å². The first-order chi connectivity index (χ1) is 10.1. The van der Waals surface area contributed by atoms with Gasteiger partial charge in [-0.1, -0.05) is 25.1 Å². The molecule has 0 saturated carbocycles. The van der Waals surface area contributed by atoms with Crippen LogP contribution in [0.5, 0.6) is 5.75 Å². The first-order valence-corrected chi connectivity index (χ1v) is 6.71. The van der Waals surface area contributed by atoms with Crippen molar-refractivity contribution in [1.29, 1.82) is 0 Å². The molecule has 108 valence electrons. The molecule has 0 heterocycles. The van der Waals surface area contributed by atoms with E-state index in [4.69, 9.17) is 4.74 Å². The average molecular weight is 286 g/mol. The van der Waals surface area contributed by atoms with Gasteiger partial charge in [0.05, 0.1) is 11.1 Å². The molecule has 0 aliphatic rings. The van der Waals surface area contributed by atoms with Gasteiger partial charge < -0.3 is 4.74 Å². The molecule has 0 N–H and O–H groups in total. The fourth-order valence-electron chi connectivity index (χ4n) is 1.91. The Bertz CT molecular complexity index is 650. The van der Waals surface area contributed by atoms with E-state index in [9.17, 15) is 14.0 Å². The highest BCUT2D eigenvalue weighted by atomic mass is 19.1. The van der Waals surface area contributed by atoms with Crippen LogP contribution in [0.2, 0.25) is 0 Å². The lowest BCUT2D eigenvalue weighted by Gasteiger charge is -2.09. The predicted octanol–water partition coefficient (Wildman–Crippen LogP) is 4.03. The van der Waals surface area contributed by atoms with Crippen LogP contribution in [0.3, 0.4) is 0 Å². The molecule has 3 nitrogen and oxygen atoms in total. The maximum atomic E-state index is 13.3. The zero-order valence-corrected chi connectivity index (χ0v) is 11.6. The lowest BCUT2D eigenvalue weighted by atomic mass is 10.1. The molecule has 0 atom stereocenters. The predicted molar refractivity (Wildman–Crippen MR) is 77.0 cm³/mol. The smallest absolute Gasteiger partial charge is 0.343 e. The van der Waals surface area contributed by atoms with E-state index in [0.717, 1.165) is 6.07 Å². The van der Waals surface area contributed by atoms with Crippen LogP contribution in [0, 0.1) is 5.82 Å². The summed E-state index contributed by atoms with van der Waals surface area (Å²) < 4.78 is 18.5. The Morgan fingerprint density at radius 3 is 2.48 bits per heavy atom. The minimum atomic E-state index is -0.619. The Morgan fingerprint density at radius 1 is 1.10 bits per heavy atom. The van der Waals surface area contributed by atoms with Crippen molar-refractivity contribution in [2.75, 3.05) is 0 Å². The molecule has 0 aliphatic carbocycles. The van der Waals surface area contributed by atoms with Crippen molar-refractivity contribution >= 4 is 11.8 Å². The van der Waals surface area contributed by atoms with Crippen LogP contribution in [0.15, 0.2) is 48.5 Å². The molecule has 0 aromatic heterocycles. The molecule has 21 heavy (non-hydrogen) atoms. The number of benzene rings is 2. The van der Waals surface area contributed by atoms with Gasteiger partial charge in [-0.15, -0.1) is 0 Å². The van der Waals surface area contributed by atoms with Crippen molar-refractivity contribution in [2.45, 2.75) is 19.8 Å². The third-order valence-electron chi connectivity index (χ3n) is 2.93. The standard InChI is InChI=1S/C17H15FO3/c1-2-6-15(19)14-10-9-13(18)11-16(14)21-17(20)12-7-4-3-5-8-12/h3-5,7-11H,2,6H2,1H3. The largest absolute Gasteiger partial charge is 0.422 e. The topological polar surface area (TPSA) is 43.4 Å². The number of rotatable bonds is 5. The van der Waals surface area contributed by atoms with E-state index < -0.39 is 11.8 Å². The fourth-order valence-corrected chi connectivity index (χ4v) is 1.91. The summed E-state index contributed by atoms with van der Waals surface area (Å²) in [4.78, 5) is 24.0. The van der Waals surface area contributed by atoms with E-state index in [1.807, 2.05) is 6.92 Å². The second kappa shape index (κ2) is 6.79. The summed E-state index contributed by atoms with van der Waals surface area (Å²) in [7, 11) is 0. The number of carbonyl (C=O) groups excluding carboxylic acids is 2. The highest BCUT2D eigenvalue weighted by molar-refractivity contribution is 6.00. The molecule has 0 bridgehead atoms. The number of ketones is 1. The normalized spacial score (nSPS) is 10.2. The molecule has 2 aromatic carbocycles. The van der Waals surface area contributed by atoms with Gasteiger partial charge in [-0.25, -0.2) is 9.18 Å². The van der Waals surface area contributed by atoms with E-state index in [0.29, 0.717) is 18.4 Å². The van der Waals surface area contributed by atoms with Crippen molar-refractivity contribution in [1.82, 2.24) is 0 Å². The highest BCUT2D eigenvalue weighted by Gasteiger charge is 2.16. The summed E-state index contributed by atoms with van der Waals surface area (Å²) in [6.07, 6.45) is 0.990. The molecule has 4 heteroatoms. The lowest BCUT2D eigenvalue weighted by Crippen LogP contribution is -2.11. The van der Waals surface area contributed by atoms with E-state index >= 15 is 0 Å². The number of carbonyl (C=O) groups is 2. The lowest BCUT2D eigenvalue weighted by molar-refractivity contribution is 0.0732. The third-order valence-corrected chi connectivity index (χ3v) is 2.93. The van der Waals surface area contributed by atoms with Crippen LogP contribution in [0.1, 0.15) is 40.5 Å². The van der Waals surface area contributed by atoms with Gasteiger partial charge in [-0.2, -0.15) is 0 Å². The molecule has 0 saturated heterocycles. The van der Waals surface area contributed by atoms with Crippen molar-refractivity contribution in [3.8, 4) is 5.75 Å². The van der Waals surface area contributed by atoms with E-state index in [1.165, 1.54) is 12.1 Å². The van der Waals surface area contributed by atoms with E-state index in [2.05, 4.69) is 0 Å². The molecule has 0 unspecified atom stereocenters. The number of hydrogen-bond donors (Lipinski definition) is 0. The SMILES string of the molecule is CCCC(=O)c1ccc(F)cc1OC(=O)c1ccccc1. The minimum absolute atomic E-state index is 0.0395. The zero-order chi connectivity index (χ0) is 15.2. The van der Waals surface area contributed by atoms with Crippen molar-refractivity contribution in [3.63, 3.8) is 0 Å². The fraction of sp³-hybridized carbons (Fsp3) is 0.176. The maximum Gasteiger partial charge on any atom is 0.343 e. The molecule has 2 rings (SSSR count). The van der Waals surface area contributed by atoms with Gasteiger partial charge in [0.15, 0.2) is 5.78 Å². The monoisotopic (exact) mass is 286 g/mol. The van der Waals surface area contributed by atoms with Gasteiger partial charge in [0.2, 0.25) is 0 Å². The van der Waals surface area contributed by atoms with Gasteiger partial charge >= 0.3 is 5.97 Å². The second-order valence-corrected chi connectivity index (χ2v) is 4.57. The average Bonchev–Trinajstić information content (AvgIpc) is 2.48. The van der Waals surface area contributed by atoms with Crippen molar-refractivity contribution in [3.05, 3.63) is 65.5 Å². The molecule has 0 radical (unpaired) electrons. The summed E-state index contributed by atoms with van der Waals surface area (Å²) in [6, 6.07) is 11.9. The Hall–Kier alpha value is -2.49. The third kappa shape index (κ3) is 3.75. The summed E-state index contributed by atoms with van der Waals surface area (Å²) in [5.41, 5.74) is 0.568. The second-order valence-electron chi connectivity index (χ2n) is 4.57. The summed E-state index contributed by atoms with van der Waals surface area (Å²) in [5, 5.41) is 0. The highest BCUT2D eigenvalue weighted by Crippen LogP contribution is 2.23. The molecule has 0 aliphatic heterocycles. The molecular weight excluding hydrogens is 271 g/mol. The number of halogens is 1. The van der Waals surface area contributed by atoms with Crippen LogP contribution in [0.4, 0.5) is 4.39 Å². The zero-order valence-electron chi connectivity index (χ0n) is 11.6. The Morgan fingerprint density at radius 2 is 1.81 bits per heavy atom. The van der Waals surface area contributed by atoms with Crippen LogP contribution < -0.4 is 4.74 Å². The van der Waals surface area contributed by atoms with Gasteiger partial charge in [-0.3, -0.25) is 4.79 Å². The minimum Gasteiger partial charge on any atom is -0.422 e. The molecule has 2 aromatic rings. The number of hydrogen-bond acceptors (Lipinski definition) is 3. The van der Waals surface area contributed by atoms with Crippen molar-refractivity contribution < 1.29 is 18.7 Å². The van der Waals surface area contributed by atoms with Crippen molar-refractivity contribution in [2.24, 2.45) is 0 Å². The van der Waals surface area contributed by atoms with Gasteiger partial charge in [-0.05, 0) is 30.7 Å². The Kier molecular flexibility index (Phi) is 4.82. The molecular formula is C17H15FO3. The van der Waals surface area contributed by atoms with Crippen LogP contribution in [-0.2, 0) is 0 Å². The number of Topliss-reactive ketones (excluding diaryl/α,β-unsaturated/α-hetero) is 1. The van der Waals surface area contributed by atoms with E-state index in [-0.39, 0.29) is 17.1 Å². The Balaban J connectivity index is 2.28. The number of esters is 1. The van der Waals surface area contributed by atoms with Gasteiger partial charge in [0.1, 0.15) is 11.6 Å². The first-order valence-electron chi connectivity index (χ1n) is 6.71. The molecule has 0 fully saturated rings. The van der Waals surface area contributed by atoms with Crippen LogP contribution >= 0.6 is 0 Å². The van der Waals surface area contributed by atoms with Crippen LogP contribution in [0.25, 0.3) is 0 Å². The van der Waals surface area contributed by atoms with Crippen LogP contribution in [-0.4, -0.2) is 11.8 Å². The molecule has 0 amide bonds. The Labute approximate surface area is 122 Å². The first kappa shape index (κ1) is 14.9. The number of ether oxygens (including phenoxy) is 1. The van der Waals surface area contributed by atoms with Gasteiger partial charge in [0.25, 0.3) is 0 Å². The quantitative estimate of drug-likeness (QED) is 0.473. The molecule has 0 spiro atoms.